The Balaban J connectivity index is 1.79. The molecule has 0 aliphatic heterocycles. The zero-order valence-electron chi connectivity index (χ0n) is 9.98. The van der Waals surface area contributed by atoms with Crippen molar-refractivity contribution in [3.05, 3.63) is 17.5 Å². The van der Waals surface area contributed by atoms with Gasteiger partial charge < -0.3 is 10.3 Å². The third-order valence-electron chi connectivity index (χ3n) is 3.29. The van der Waals surface area contributed by atoms with Crippen molar-refractivity contribution in [2.45, 2.75) is 38.8 Å². The van der Waals surface area contributed by atoms with Crippen molar-refractivity contribution in [3.63, 3.8) is 0 Å². The molecule has 4 heteroatoms. The van der Waals surface area contributed by atoms with E-state index in [-0.39, 0.29) is 0 Å². The first-order chi connectivity index (χ1) is 7.78. The monoisotopic (exact) mass is 223 g/mol. The Bertz CT molecular complexity index is 318. The molecule has 0 saturated heterocycles. The normalized spacial score (nSPS) is 17.4. The summed E-state index contributed by atoms with van der Waals surface area (Å²) < 4.78 is 5.22. The van der Waals surface area contributed by atoms with Crippen LogP contribution in [0.2, 0.25) is 0 Å². The molecule has 1 fully saturated rings. The fourth-order valence-electron chi connectivity index (χ4n) is 2.49. The summed E-state index contributed by atoms with van der Waals surface area (Å²) in [6.07, 6.45) is 5.57. The van der Waals surface area contributed by atoms with E-state index in [9.17, 15) is 0 Å². The number of hydrogen-bond donors (Lipinski definition) is 1. The number of nitrogens with two attached hydrogens (primary N) is 1. The highest BCUT2D eigenvalue weighted by molar-refractivity contribution is 5.04. The van der Waals surface area contributed by atoms with Gasteiger partial charge in [-0.1, -0.05) is 18.0 Å². The van der Waals surface area contributed by atoms with E-state index in [0.29, 0.717) is 6.54 Å². The Morgan fingerprint density at radius 3 is 2.88 bits per heavy atom. The topological polar surface area (TPSA) is 55.3 Å². The second-order valence-corrected chi connectivity index (χ2v) is 4.84. The van der Waals surface area contributed by atoms with Gasteiger partial charge in [0.05, 0.1) is 12.2 Å². The van der Waals surface area contributed by atoms with Gasteiger partial charge in [-0.05, 0) is 25.8 Å². The third kappa shape index (κ3) is 3.06. The summed E-state index contributed by atoms with van der Waals surface area (Å²) in [6, 6.07) is 1.95. The minimum Gasteiger partial charge on any atom is -0.360 e. The maximum Gasteiger partial charge on any atom is 0.151 e. The second kappa shape index (κ2) is 5.46. The zero-order chi connectivity index (χ0) is 11.4. The average molecular weight is 223 g/mol. The molecule has 0 radical (unpaired) electrons. The van der Waals surface area contributed by atoms with Gasteiger partial charge in [-0.15, -0.1) is 0 Å². The lowest BCUT2D eigenvalue weighted by atomic mass is 10.1. The summed E-state index contributed by atoms with van der Waals surface area (Å²) in [5.74, 6) is 1.79. The number of aromatic nitrogens is 1. The van der Waals surface area contributed by atoms with Crippen LogP contribution >= 0.6 is 0 Å². The van der Waals surface area contributed by atoms with Gasteiger partial charge in [-0.25, -0.2) is 0 Å². The maximum absolute atomic E-state index is 5.49. The van der Waals surface area contributed by atoms with Crippen LogP contribution in [0.3, 0.4) is 0 Å². The summed E-state index contributed by atoms with van der Waals surface area (Å²) in [5.41, 5.74) is 6.33. The molecular weight excluding hydrogens is 202 g/mol. The summed E-state index contributed by atoms with van der Waals surface area (Å²) in [7, 11) is 2.14. The highest BCUT2D eigenvalue weighted by Gasteiger charge is 2.17. The zero-order valence-corrected chi connectivity index (χ0v) is 9.98. The molecule has 1 aromatic heterocycles. The molecule has 0 atom stereocenters. The van der Waals surface area contributed by atoms with Gasteiger partial charge in [0, 0.05) is 19.2 Å². The Morgan fingerprint density at radius 1 is 1.50 bits per heavy atom. The van der Waals surface area contributed by atoms with E-state index in [1.807, 2.05) is 6.07 Å². The van der Waals surface area contributed by atoms with Crippen molar-refractivity contribution in [2.75, 3.05) is 13.6 Å². The lowest BCUT2D eigenvalue weighted by Gasteiger charge is -2.18. The van der Waals surface area contributed by atoms with E-state index in [0.717, 1.165) is 23.9 Å². The highest BCUT2D eigenvalue weighted by atomic mass is 16.5. The maximum atomic E-state index is 5.49. The van der Waals surface area contributed by atoms with Crippen molar-refractivity contribution in [2.24, 2.45) is 11.7 Å². The smallest absolute Gasteiger partial charge is 0.151 e. The van der Waals surface area contributed by atoms with Crippen LogP contribution in [-0.4, -0.2) is 23.6 Å². The second-order valence-electron chi connectivity index (χ2n) is 4.84. The molecule has 4 nitrogen and oxygen atoms in total. The first-order valence-corrected chi connectivity index (χ1v) is 6.11. The van der Waals surface area contributed by atoms with Crippen molar-refractivity contribution < 1.29 is 4.52 Å². The molecule has 1 saturated carbocycles. The fraction of sp³-hybridized carbons (Fsp3) is 0.750. The van der Waals surface area contributed by atoms with Crippen molar-refractivity contribution in [1.82, 2.24) is 10.1 Å². The van der Waals surface area contributed by atoms with E-state index in [2.05, 4.69) is 17.1 Å². The van der Waals surface area contributed by atoms with Gasteiger partial charge in [-0.2, -0.15) is 0 Å². The standard InChI is InChI=1S/C12H21N3O/c1-15(8-10-4-2-3-5-10)9-12-6-11(7-13)14-16-12/h6,10H,2-5,7-9,13H2,1H3. The quantitative estimate of drug-likeness (QED) is 0.826. The molecule has 1 aromatic rings. The van der Waals surface area contributed by atoms with Gasteiger partial charge in [0.2, 0.25) is 0 Å². The van der Waals surface area contributed by atoms with Crippen LogP contribution in [0.4, 0.5) is 0 Å². The van der Waals surface area contributed by atoms with Crippen LogP contribution in [0.25, 0.3) is 0 Å². The van der Waals surface area contributed by atoms with E-state index < -0.39 is 0 Å². The van der Waals surface area contributed by atoms with Crippen LogP contribution in [0, 0.1) is 5.92 Å². The molecule has 0 unspecified atom stereocenters. The van der Waals surface area contributed by atoms with E-state index in [1.54, 1.807) is 0 Å². The van der Waals surface area contributed by atoms with Crippen molar-refractivity contribution in [1.29, 1.82) is 0 Å². The predicted molar refractivity (Wildman–Crippen MR) is 62.7 cm³/mol. The predicted octanol–water partition coefficient (Wildman–Crippen LogP) is 1.76. The SMILES string of the molecule is CN(Cc1cc(CN)no1)CC1CCCC1. The van der Waals surface area contributed by atoms with Crippen LogP contribution in [0.1, 0.15) is 37.1 Å². The molecule has 90 valence electrons. The Kier molecular flexibility index (Phi) is 3.96. The fourth-order valence-corrected chi connectivity index (χ4v) is 2.49. The average Bonchev–Trinajstić information content (AvgIpc) is 2.89. The molecular formula is C12H21N3O. The molecule has 0 bridgehead atoms. The Morgan fingerprint density at radius 2 is 2.25 bits per heavy atom. The van der Waals surface area contributed by atoms with Gasteiger partial charge in [0.1, 0.15) is 0 Å². The van der Waals surface area contributed by atoms with E-state index in [4.69, 9.17) is 10.3 Å². The molecule has 0 spiro atoms. The highest BCUT2D eigenvalue weighted by Crippen LogP contribution is 2.25. The largest absolute Gasteiger partial charge is 0.360 e. The Labute approximate surface area is 96.8 Å². The summed E-state index contributed by atoms with van der Waals surface area (Å²) >= 11 is 0. The molecule has 2 rings (SSSR count). The number of hydrogen-bond acceptors (Lipinski definition) is 4. The number of rotatable bonds is 5. The van der Waals surface area contributed by atoms with Gasteiger partial charge in [0.15, 0.2) is 5.76 Å². The minimum absolute atomic E-state index is 0.454. The molecule has 0 aromatic carbocycles. The van der Waals surface area contributed by atoms with Crippen LogP contribution < -0.4 is 5.73 Å². The molecule has 16 heavy (non-hydrogen) atoms. The lowest BCUT2D eigenvalue weighted by molar-refractivity contribution is 0.238. The van der Waals surface area contributed by atoms with E-state index >= 15 is 0 Å². The lowest BCUT2D eigenvalue weighted by Crippen LogP contribution is -2.23. The number of nitrogens with zero attached hydrogens (tertiary/aromatic N) is 2. The van der Waals surface area contributed by atoms with Gasteiger partial charge in [-0.3, -0.25) is 4.90 Å². The molecule has 1 aliphatic carbocycles. The molecule has 1 heterocycles. The van der Waals surface area contributed by atoms with E-state index in [1.165, 1.54) is 32.2 Å². The molecule has 0 amide bonds. The third-order valence-corrected chi connectivity index (χ3v) is 3.29. The minimum atomic E-state index is 0.454. The first kappa shape index (κ1) is 11.6. The summed E-state index contributed by atoms with van der Waals surface area (Å²) in [5, 5.41) is 3.89. The molecule has 1 aliphatic rings. The van der Waals surface area contributed by atoms with Crippen LogP contribution in [-0.2, 0) is 13.1 Å². The molecule has 2 N–H and O–H groups in total. The summed E-state index contributed by atoms with van der Waals surface area (Å²) in [6.45, 7) is 2.46. The summed E-state index contributed by atoms with van der Waals surface area (Å²) in [4.78, 5) is 2.32. The Hall–Kier alpha value is -0.870. The van der Waals surface area contributed by atoms with Gasteiger partial charge in [0.25, 0.3) is 0 Å². The first-order valence-electron chi connectivity index (χ1n) is 6.11. The van der Waals surface area contributed by atoms with Crippen molar-refractivity contribution in [3.8, 4) is 0 Å². The van der Waals surface area contributed by atoms with Crippen molar-refractivity contribution >= 4 is 0 Å². The van der Waals surface area contributed by atoms with Crippen LogP contribution in [0.15, 0.2) is 10.6 Å². The van der Waals surface area contributed by atoms with Gasteiger partial charge >= 0.3 is 0 Å². The van der Waals surface area contributed by atoms with Crippen LogP contribution in [0.5, 0.6) is 0 Å².